The normalized spacial score (nSPS) is 11.8. The Hall–Kier alpha value is -0.0126. The number of hydrogen-bond acceptors (Lipinski definition) is 3. The Morgan fingerprint density at radius 3 is 2.12 bits per heavy atom. The van der Waals surface area contributed by atoms with Gasteiger partial charge in [0.05, 0.1) is 6.61 Å². The van der Waals surface area contributed by atoms with Crippen LogP contribution in [-0.4, -0.2) is 47.7 Å². The molecule has 0 aliphatic heterocycles. The zero-order valence-electron chi connectivity index (χ0n) is 3.66. The molecule has 0 fully saturated rings. The van der Waals surface area contributed by atoms with Crippen molar-refractivity contribution in [3.63, 3.8) is 0 Å². The minimum atomic E-state index is -1.18. The number of carbonyl (C=O) groups is 1. The first-order valence-corrected chi connectivity index (χ1v) is 1.77. The molecule has 0 rings (SSSR count). The second-order valence-electron chi connectivity index (χ2n) is 1.13. The van der Waals surface area contributed by atoms with Crippen LogP contribution < -0.4 is 5.73 Å². The third kappa shape index (κ3) is 4.15. The summed E-state index contributed by atoms with van der Waals surface area (Å²) in [6.45, 7) is -0.505. The van der Waals surface area contributed by atoms with E-state index in [-0.39, 0.29) is 18.9 Å². The van der Waals surface area contributed by atoms with E-state index in [9.17, 15) is 4.79 Å². The summed E-state index contributed by atoms with van der Waals surface area (Å²) in [5.74, 6) is -1.18. The quantitative estimate of drug-likeness (QED) is 0.353. The molecular weight excluding hydrogens is 105 g/mol. The van der Waals surface area contributed by atoms with Crippen molar-refractivity contribution in [2.24, 2.45) is 5.73 Å². The average molecular weight is 113 g/mol. The van der Waals surface area contributed by atoms with E-state index in [0.717, 1.165) is 0 Å². The standard InChI is InChI=1S/C3H7NO3.Li.H/c4-2(1-5)3(6)7;;/h2,5H,1,4H2,(H,6,7);;. The summed E-state index contributed by atoms with van der Waals surface area (Å²) in [5.41, 5.74) is 4.77. The number of carboxylic acid groups (broad SMARTS) is 1. The van der Waals surface area contributed by atoms with E-state index in [4.69, 9.17) is 15.9 Å². The number of aliphatic hydroxyl groups excluding tert-OH is 1. The molecule has 0 spiro atoms. The number of carboxylic acids is 1. The maximum absolute atomic E-state index is 9.65. The van der Waals surface area contributed by atoms with Crippen LogP contribution in [0.4, 0.5) is 0 Å². The van der Waals surface area contributed by atoms with Crippen LogP contribution in [-0.2, 0) is 4.79 Å². The molecule has 0 aromatic carbocycles. The van der Waals surface area contributed by atoms with E-state index < -0.39 is 18.6 Å². The van der Waals surface area contributed by atoms with Crippen molar-refractivity contribution in [2.45, 2.75) is 6.04 Å². The molecule has 1 atom stereocenters. The summed E-state index contributed by atoms with van der Waals surface area (Å²) in [5, 5.41) is 15.9. The Morgan fingerprint density at radius 1 is 1.75 bits per heavy atom. The molecule has 0 bridgehead atoms. The van der Waals surface area contributed by atoms with Gasteiger partial charge in [-0.2, -0.15) is 0 Å². The molecule has 1 unspecified atom stereocenters. The Kier molecular flexibility index (Phi) is 6.98. The zero-order chi connectivity index (χ0) is 5.86. The van der Waals surface area contributed by atoms with Crippen LogP contribution in [0.2, 0.25) is 0 Å². The molecule has 0 aromatic rings. The van der Waals surface area contributed by atoms with E-state index in [1.54, 1.807) is 0 Å². The fourth-order valence-corrected chi connectivity index (χ4v) is 0.0781. The first-order valence-electron chi connectivity index (χ1n) is 1.77. The summed E-state index contributed by atoms with van der Waals surface area (Å²) in [7, 11) is 0. The average Bonchev–Trinajstić information content (AvgIpc) is 1.65. The van der Waals surface area contributed by atoms with Crippen LogP contribution in [0.5, 0.6) is 0 Å². The molecule has 4 nitrogen and oxygen atoms in total. The van der Waals surface area contributed by atoms with Crippen molar-refractivity contribution in [3.8, 4) is 0 Å². The predicted molar refractivity (Wildman–Crippen MR) is 29.8 cm³/mol. The third-order valence-electron chi connectivity index (χ3n) is 0.514. The first-order chi connectivity index (χ1) is 3.18. The van der Waals surface area contributed by atoms with E-state index in [1.165, 1.54) is 0 Å². The van der Waals surface area contributed by atoms with Gasteiger partial charge < -0.3 is 15.9 Å². The number of aliphatic carboxylic acids is 1. The van der Waals surface area contributed by atoms with E-state index in [2.05, 4.69) is 0 Å². The van der Waals surface area contributed by atoms with Gasteiger partial charge in [-0.15, -0.1) is 0 Å². The molecule has 0 amide bonds. The Labute approximate surface area is 58.9 Å². The van der Waals surface area contributed by atoms with Gasteiger partial charge in [0.25, 0.3) is 0 Å². The van der Waals surface area contributed by atoms with Gasteiger partial charge in [0.1, 0.15) is 6.04 Å². The molecule has 0 radical (unpaired) electrons. The van der Waals surface area contributed by atoms with E-state index >= 15 is 0 Å². The van der Waals surface area contributed by atoms with Gasteiger partial charge in [0.15, 0.2) is 0 Å². The zero-order valence-corrected chi connectivity index (χ0v) is 3.66. The van der Waals surface area contributed by atoms with Crippen LogP contribution in [0.1, 0.15) is 0 Å². The van der Waals surface area contributed by atoms with Crippen molar-refractivity contribution in [3.05, 3.63) is 0 Å². The van der Waals surface area contributed by atoms with Gasteiger partial charge in [0, 0.05) is 0 Å². The van der Waals surface area contributed by atoms with Crippen LogP contribution in [0.15, 0.2) is 0 Å². The molecule has 0 saturated carbocycles. The van der Waals surface area contributed by atoms with Crippen LogP contribution >= 0.6 is 0 Å². The van der Waals surface area contributed by atoms with E-state index in [0.29, 0.717) is 0 Å². The third-order valence-corrected chi connectivity index (χ3v) is 0.514. The summed E-state index contributed by atoms with van der Waals surface area (Å²) in [4.78, 5) is 9.65. The van der Waals surface area contributed by atoms with Crippen LogP contribution in [0.3, 0.4) is 0 Å². The number of rotatable bonds is 2. The van der Waals surface area contributed by atoms with Crippen molar-refractivity contribution in [1.82, 2.24) is 0 Å². The van der Waals surface area contributed by atoms with Gasteiger partial charge in [-0.1, -0.05) is 0 Å². The first kappa shape index (κ1) is 10.9. The molecule has 0 saturated heterocycles. The maximum atomic E-state index is 9.65. The molecule has 8 heavy (non-hydrogen) atoms. The fourth-order valence-electron chi connectivity index (χ4n) is 0.0781. The van der Waals surface area contributed by atoms with Crippen LogP contribution in [0.25, 0.3) is 0 Å². The number of hydrogen-bond donors (Lipinski definition) is 3. The molecule has 0 heterocycles. The summed E-state index contributed by atoms with van der Waals surface area (Å²) >= 11 is 0. The van der Waals surface area contributed by atoms with Crippen molar-refractivity contribution >= 4 is 24.8 Å². The van der Waals surface area contributed by atoms with Gasteiger partial charge in [0.2, 0.25) is 0 Å². The fraction of sp³-hybridized carbons (Fsp3) is 0.667. The summed E-state index contributed by atoms with van der Waals surface area (Å²) < 4.78 is 0. The molecule has 0 aliphatic rings. The van der Waals surface area contributed by atoms with E-state index in [1.807, 2.05) is 0 Å². The number of aliphatic hydroxyl groups is 1. The summed E-state index contributed by atoms with van der Waals surface area (Å²) in [6.07, 6.45) is 0. The van der Waals surface area contributed by atoms with Crippen LogP contribution in [0, 0.1) is 0 Å². The Morgan fingerprint density at radius 2 is 2.12 bits per heavy atom. The van der Waals surface area contributed by atoms with Crippen molar-refractivity contribution in [2.75, 3.05) is 6.61 Å². The van der Waals surface area contributed by atoms with Gasteiger partial charge in [-0.3, -0.25) is 4.79 Å². The topological polar surface area (TPSA) is 83.5 Å². The molecule has 0 aliphatic carbocycles. The SMILES string of the molecule is NC(CO)C(=O)O.[LiH]. The van der Waals surface area contributed by atoms with Crippen molar-refractivity contribution < 1.29 is 15.0 Å². The second kappa shape index (κ2) is 5.13. The molecule has 4 N–H and O–H groups in total. The molecule has 44 valence electrons. The summed E-state index contributed by atoms with van der Waals surface area (Å²) in [6, 6.07) is -1.13. The minimum absolute atomic E-state index is 0. The van der Waals surface area contributed by atoms with Crippen molar-refractivity contribution in [1.29, 1.82) is 0 Å². The second-order valence-corrected chi connectivity index (χ2v) is 1.13. The predicted octanol–water partition coefficient (Wildman–Crippen LogP) is -2.26. The molecule has 5 heteroatoms. The number of nitrogens with two attached hydrogens (primary N) is 1. The van der Waals surface area contributed by atoms with Gasteiger partial charge in [-0.25, -0.2) is 0 Å². The Bertz CT molecular complexity index is 76.9. The monoisotopic (exact) mass is 113 g/mol. The molecular formula is C3H8LiNO3. The molecule has 0 aromatic heterocycles. The van der Waals surface area contributed by atoms with Gasteiger partial charge >= 0.3 is 24.8 Å². The van der Waals surface area contributed by atoms with Gasteiger partial charge in [-0.05, 0) is 0 Å². The Balaban J connectivity index is 0.